The maximum Gasteiger partial charge on any atom is 0.415 e. The second-order valence-corrected chi connectivity index (χ2v) is 6.70. The van der Waals surface area contributed by atoms with Gasteiger partial charge >= 0.3 is 23.9 Å². The Hall–Kier alpha value is -2.78. The molecule has 0 unspecified atom stereocenters. The van der Waals surface area contributed by atoms with Gasteiger partial charge in [-0.2, -0.15) is 8.78 Å². The fourth-order valence-electron chi connectivity index (χ4n) is 4.06. The topological polar surface area (TPSA) is 76.1 Å². The average molecular weight is 384 g/mol. The molecule has 2 amide bonds. The smallest absolute Gasteiger partial charge is 0.415 e. The number of anilines is 2. The Morgan fingerprint density at radius 3 is 2.78 bits per heavy atom. The first-order valence-corrected chi connectivity index (χ1v) is 8.27. The molecule has 3 heterocycles. The molecule has 0 N–H and O–H groups in total. The van der Waals surface area contributed by atoms with Gasteiger partial charge in [-0.25, -0.2) is 9.18 Å². The number of cyclic esters (lactones) is 1. The van der Waals surface area contributed by atoms with Crippen molar-refractivity contribution >= 4 is 29.3 Å². The van der Waals surface area contributed by atoms with Crippen molar-refractivity contribution in [3.8, 4) is 0 Å². The molecule has 27 heavy (non-hydrogen) atoms. The van der Waals surface area contributed by atoms with Crippen LogP contribution in [0.1, 0.15) is 24.0 Å². The van der Waals surface area contributed by atoms with Gasteiger partial charge in [0, 0.05) is 19.5 Å². The lowest BCUT2D eigenvalue weighted by atomic mass is 9.95. The van der Waals surface area contributed by atoms with Crippen LogP contribution in [0.2, 0.25) is 0 Å². The fourth-order valence-corrected chi connectivity index (χ4v) is 4.06. The summed E-state index contributed by atoms with van der Waals surface area (Å²) in [5, 5.41) is 0. The number of carbonyl (C=O) groups excluding carboxylic acids is 3. The van der Waals surface area contributed by atoms with Gasteiger partial charge in [-0.05, 0) is 18.4 Å². The van der Waals surface area contributed by atoms with E-state index in [2.05, 4.69) is 4.74 Å². The number of benzene rings is 1. The second-order valence-electron chi connectivity index (χ2n) is 6.70. The van der Waals surface area contributed by atoms with E-state index in [0.717, 1.165) is 18.0 Å². The fraction of sp³-hybridized carbons (Fsp3) is 0.471. The number of nitrogens with zero attached hydrogens (tertiary/aromatic N) is 2. The maximum atomic E-state index is 14.5. The zero-order valence-corrected chi connectivity index (χ0v) is 14.4. The number of amides is 2. The number of hydrogen-bond acceptors (Lipinski definition) is 5. The summed E-state index contributed by atoms with van der Waals surface area (Å²) >= 11 is 0. The van der Waals surface area contributed by atoms with Crippen LogP contribution in [0.4, 0.5) is 29.3 Å². The van der Waals surface area contributed by atoms with Crippen LogP contribution >= 0.6 is 0 Å². The van der Waals surface area contributed by atoms with Gasteiger partial charge in [-0.1, -0.05) is 0 Å². The van der Waals surface area contributed by atoms with Crippen molar-refractivity contribution < 1.29 is 37.0 Å². The molecule has 10 heteroatoms. The Bertz CT molecular complexity index is 888. The summed E-state index contributed by atoms with van der Waals surface area (Å²) in [5.41, 5.74) is -1.13. The van der Waals surface area contributed by atoms with Crippen LogP contribution in [0.15, 0.2) is 6.07 Å². The highest BCUT2D eigenvalue weighted by Crippen LogP contribution is 2.53. The Labute approximate surface area is 151 Å². The minimum atomic E-state index is -3.87. The SMILES string of the molecule is COC(=O)CC[C@@H]1OC(=O)N2c3cc(F)c4c(c3C[C@@H]12)C(F)(F)C(=O)N4C. The Morgan fingerprint density at radius 1 is 1.41 bits per heavy atom. The molecule has 0 aromatic heterocycles. The Kier molecular flexibility index (Phi) is 3.66. The van der Waals surface area contributed by atoms with Crippen molar-refractivity contribution in [3.05, 3.63) is 23.0 Å². The highest BCUT2D eigenvalue weighted by Gasteiger charge is 2.58. The maximum absolute atomic E-state index is 14.5. The summed E-state index contributed by atoms with van der Waals surface area (Å²) in [7, 11) is 2.31. The standard InChI is InChI=1S/C17H15F3N2O5/c1-21-14-8(18)6-9-7(13(14)17(19,20)15(21)24)5-10-11(3-4-12(23)26-2)27-16(25)22(9)10/h6,10-11H,3-5H2,1-2H3/t10-,11-/m0/s1. The summed E-state index contributed by atoms with van der Waals surface area (Å²) in [5.74, 6) is -6.89. The number of ether oxygens (including phenoxy) is 2. The van der Waals surface area contributed by atoms with Crippen LogP contribution in [0.3, 0.4) is 0 Å². The third-order valence-corrected chi connectivity index (χ3v) is 5.30. The van der Waals surface area contributed by atoms with Crippen LogP contribution in [0, 0.1) is 5.82 Å². The normalized spacial score (nSPS) is 24.6. The van der Waals surface area contributed by atoms with E-state index in [4.69, 9.17) is 4.74 Å². The van der Waals surface area contributed by atoms with Gasteiger partial charge in [-0.15, -0.1) is 0 Å². The van der Waals surface area contributed by atoms with Crippen molar-refractivity contribution in [1.82, 2.24) is 0 Å². The van der Waals surface area contributed by atoms with Crippen LogP contribution in [0.25, 0.3) is 0 Å². The van der Waals surface area contributed by atoms with Crippen LogP contribution < -0.4 is 9.80 Å². The predicted octanol–water partition coefficient (Wildman–Crippen LogP) is 2.10. The first-order valence-electron chi connectivity index (χ1n) is 8.27. The molecule has 3 aliphatic rings. The van der Waals surface area contributed by atoms with E-state index in [1.165, 1.54) is 7.11 Å². The monoisotopic (exact) mass is 384 g/mol. The molecular formula is C17H15F3N2O5. The lowest BCUT2D eigenvalue weighted by Gasteiger charge is -2.16. The molecule has 1 aromatic carbocycles. The molecular weight excluding hydrogens is 369 g/mol. The number of rotatable bonds is 3. The van der Waals surface area contributed by atoms with Crippen molar-refractivity contribution in [2.45, 2.75) is 37.3 Å². The quantitative estimate of drug-likeness (QED) is 0.746. The minimum absolute atomic E-state index is 0.0149. The van der Waals surface area contributed by atoms with E-state index in [-0.39, 0.29) is 30.5 Å². The average Bonchev–Trinajstić information content (AvgIpc) is 3.19. The summed E-state index contributed by atoms with van der Waals surface area (Å²) in [6.45, 7) is 0. The van der Waals surface area contributed by atoms with Crippen molar-refractivity contribution in [2.75, 3.05) is 24.0 Å². The van der Waals surface area contributed by atoms with Gasteiger partial charge in [0.2, 0.25) is 0 Å². The lowest BCUT2D eigenvalue weighted by Crippen LogP contribution is -2.34. The lowest BCUT2D eigenvalue weighted by molar-refractivity contribution is -0.141. The predicted molar refractivity (Wildman–Crippen MR) is 85.2 cm³/mol. The van der Waals surface area contributed by atoms with Gasteiger partial charge < -0.3 is 14.4 Å². The van der Waals surface area contributed by atoms with Crippen molar-refractivity contribution in [2.24, 2.45) is 0 Å². The van der Waals surface area contributed by atoms with E-state index in [9.17, 15) is 27.6 Å². The van der Waals surface area contributed by atoms with Gasteiger partial charge in [-0.3, -0.25) is 14.5 Å². The van der Waals surface area contributed by atoms with Crippen molar-refractivity contribution in [3.63, 3.8) is 0 Å². The highest BCUT2D eigenvalue weighted by molar-refractivity contribution is 6.08. The molecule has 4 rings (SSSR count). The van der Waals surface area contributed by atoms with E-state index in [1.54, 1.807) is 0 Å². The van der Waals surface area contributed by atoms with Gasteiger partial charge in [0.1, 0.15) is 11.9 Å². The highest BCUT2D eigenvalue weighted by atomic mass is 19.3. The van der Waals surface area contributed by atoms with Crippen LogP contribution in [-0.2, 0) is 31.4 Å². The molecule has 0 aliphatic carbocycles. The largest absolute Gasteiger partial charge is 0.469 e. The molecule has 1 saturated heterocycles. The van der Waals surface area contributed by atoms with E-state index >= 15 is 0 Å². The Morgan fingerprint density at radius 2 is 2.11 bits per heavy atom. The zero-order valence-electron chi connectivity index (χ0n) is 14.4. The third kappa shape index (κ3) is 2.25. The van der Waals surface area contributed by atoms with Crippen LogP contribution in [0.5, 0.6) is 0 Å². The number of alkyl halides is 2. The van der Waals surface area contributed by atoms with Gasteiger partial charge in [0.15, 0.2) is 0 Å². The summed E-state index contributed by atoms with van der Waals surface area (Å²) in [6.07, 6.45) is -1.42. The molecule has 2 atom stereocenters. The molecule has 0 saturated carbocycles. The number of likely N-dealkylation sites (N-methyl/N-ethyl adjacent to an activating group) is 1. The molecule has 0 radical (unpaired) electrons. The van der Waals surface area contributed by atoms with Crippen molar-refractivity contribution in [1.29, 1.82) is 0 Å². The summed E-state index contributed by atoms with van der Waals surface area (Å²) < 4.78 is 53.4. The molecule has 0 bridgehead atoms. The second kappa shape index (κ2) is 5.61. The van der Waals surface area contributed by atoms with E-state index in [0.29, 0.717) is 4.90 Å². The van der Waals surface area contributed by atoms with Crippen LogP contribution in [-0.4, -0.2) is 44.3 Å². The Balaban J connectivity index is 1.75. The number of esters is 1. The zero-order chi connectivity index (χ0) is 19.7. The number of carbonyl (C=O) groups is 3. The third-order valence-electron chi connectivity index (χ3n) is 5.30. The molecule has 1 fully saturated rings. The first kappa shape index (κ1) is 17.6. The number of halogens is 3. The summed E-state index contributed by atoms with van der Waals surface area (Å²) in [4.78, 5) is 37.2. The first-order chi connectivity index (χ1) is 12.7. The molecule has 144 valence electrons. The summed E-state index contributed by atoms with van der Waals surface area (Å²) in [6, 6.07) is 0.323. The van der Waals surface area contributed by atoms with Gasteiger partial charge in [0.05, 0.1) is 30.1 Å². The van der Waals surface area contributed by atoms with Gasteiger partial charge in [0.25, 0.3) is 0 Å². The molecule has 0 spiro atoms. The number of fused-ring (bicyclic) bond motifs is 5. The van der Waals surface area contributed by atoms with E-state index in [1.807, 2.05) is 0 Å². The van der Waals surface area contributed by atoms with E-state index < -0.39 is 53.1 Å². The number of hydrogen-bond donors (Lipinski definition) is 0. The number of methoxy groups -OCH3 is 1. The molecule has 3 aliphatic heterocycles. The minimum Gasteiger partial charge on any atom is -0.469 e. The molecule has 1 aromatic rings. The molecule has 7 nitrogen and oxygen atoms in total.